The van der Waals surface area contributed by atoms with E-state index in [9.17, 15) is 8.78 Å². The summed E-state index contributed by atoms with van der Waals surface area (Å²) in [6.45, 7) is 0.159. The Morgan fingerprint density at radius 1 is 1.44 bits per heavy atom. The summed E-state index contributed by atoms with van der Waals surface area (Å²) in [5.74, 6) is 0. The van der Waals surface area contributed by atoms with Crippen molar-refractivity contribution in [3.63, 3.8) is 0 Å². The van der Waals surface area contributed by atoms with Gasteiger partial charge in [-0.25, -0.2) is 8.78 Å². The first-order chi connectivity index (χ1) is 8.13. The zero-order valence-corrected chi connectivity index (χ0v) is 10.6. The van der Waals surface area contributed by atoms with Crippen molar-refractivity contribution < 1.29 is 8.78 Å². The van der Waals surface area contributed by atoms with Crippen molar-refractivity contribution >= 4 is 18.1 Å². The minimum absolute atomic E-state index is 0. The minimum atomic E-state index is -2.39. The Hall–Kier alpha value is -1.63. The van der Waals surface area contributed by atoms with Crippen molar-refractivity contribution in [2.75, 3.05) is 5.32 Å². The van der Waals surface area contributed by atoms with Gasteiger partial charge in [-0.15, -0.1) is 12.4 Å². The summed E-state index contributed by atoms with van der Waals surface area (Å²) in [7, 11) is 1.84. The maximum Gasteiger partial charge on any atom is 0.257 e. The van der Waals surface area contributed by atoms with Gasteiger partial charge in [0.2, 0.25) is 0 Å². The van der Waals surface area contributed by atoms with E-state index < -0.39 is 6.43 Å². The molecular weight excluding hydrogens is 264 g/mol. The number of nitrogens with zero attached hydrogens (tertiary/aromatic N) is 4. The molecule has 2 aromatic rings. The molecule has 100 valence electrons. The van der Waals surface area contributed by atoms with Crippen molar-refractivity contribution in [1.29, 1.82) is 0 Å². The van der Waals surface area contributed by atoms with Crippen LogP contribution in [0.15, 0.2) is 24.7 Å². The predicted octanol–water partition coefficient (Wildman–Crippen LogP) is 1.92. The first kappa shape index (κ1) is 14.4. The second-order valence-corrected chi connectivity index (χ2v) is 3.68. The number of rotatable bonds is 5. The van der Waals surface area contributed by atoms with E-state index in [1.54, 1.807) is 10.9 Å². The summed E-state index contributed by atoms with van der Waals surface area (Å²) < 4.78 is 27.1. The number of aryl methyl sites for hydroxylation is 1. The topological polar surface area (TPSA) is 47.7 Å². The number of hydrogen-bond donors (Lipinski definition) is 1. The van der Waals surface area contributed by atoms with Crippen molar-refractivity contribution in [2.24, 2.45) is 7.05 Å². The summed E-state index contributed by atoms with van der Waals surface area (Å²) in [6.07, 6.45) is 2.52. The van der Waals surface area contributed by atoms with Crippen LogP contribution < -0.4 is 5.32 Å². The molecule has 0 saturated heterocycles. The van der Waals surface area contributed by atoms with E-state index in [0.717, 1.165) is 5.69 Å². The molecule has 0 atom stereocenters. The van der Waals surface area contributed by atoms with Gasteiger partial charge >= 0.3 is 0 Å². The Bertz CT molecular complexity index is 482. The molecule has 2 aromatic heterocycles. The van der Waals surface area contributed by atoms with E-state index in [0.29, 0.717) is 12.2 Å². The standard InChI is InChI=1S/C10H13F2N5.ClH/c1-16-3-2-8(15-16)4-13-9-5-14-17(6-9)7-10(11)12;/h2-3,5-6,10,13H,4,7H2,1H3;1H. The Labute approximate surface area is 109 Å². The van der Waals surface area contributed by atoms with Crippen LogP contribution in [-0.2, 0) is 20.1 Å². The summed E-state index contributed by atoms with van der Waals surface area (Å²) in [6, 6.07) is 1.89. The lowest BCUT2D eigenvalue weighted by Gasteiger charge is -2.00. The number of hydrogen-bond acceptors (Lipinski definition) is 3. The van der Waals surface area contributed by atoms with Crippen LogP contribution >= 0.6 is 12.4 Å². The van der Waals surface area contributed by atoms with Crippen LogP contribution in [0.5, 0.6) is 0 Å². The van der Waals surface area contributed by atoms with E-state index in [4.69, 9.17) is 0 Å². The van der Waals surface area contributed by atoms with Gasteiger partial charge in [0, 0.05) is 19.4 Å². The first-order valence-corrected chi connectivity index (χ1v) is 5.16. The van der Waals surface area contributed by atoms with Gasteiger partial charge in [0.1, 0.15) is 6.54 Å². The lowest BCUT2D eigenvalue weighted by molar-refractivity contribution is 0.122. The van der Waals surface area contributed by atoms with Gasteiger partial charge < -0.3 is 5.32 Å². The summed E-state index contributed by atoms with van der Waals surface area (Å²) in [5, 5.41) is 11.1. The first-order valence-electron chi connectivity index (χ1n) is 5.16. The Kier molecular flexibility index (Phi) is 5.08. The van der Waals surface area contributed by atoms with E-state index in [1.807, 2.05) is 19.3 Å². The molecule has 0 aliphatic rings. The van der Waals surface area contributed by atoms with E-state index in [-0.39, 0.29) is 19.0 Å². The molecule has 5 nitrogen and oxygen atoms in total. The van der Waals surface area contributed by atoms with Gasteiger partial charge in [-0.05, 0) is 6.07 Å². The lowest BCUT2D eigenvalue weighted by Crippen LogP contribution is -2.06. The number of anilines is 1. The fraction of sp³-hybridized carbons (Fsp3) is 0.400. The van der Waals surface area contributed by atoms with E-state index in [2.05, 4.69) is 15.5 Å². The van der Waals surface area contributed by atoms with Crippen molar-refractivity contribution in [3.8, 4) is 0 Å². The maximum atomic E-state index is 12.1. The highest BCUT2D eigenvalue weighted by atomic mass is 35.5. The van der Waals surface area contributed by atoms with Crippen LogP contribution in [0.25, 0.3) is 0 Å². The highest BCUT2D eigenvalue weighted by molar-refractivity contribution is 5.85. The Morgan fingerprint density at radius 3 is 2.83 bits per heavy atom. The Morgan fingerprint density at radius 2 is 2.22 bits per heavy atom. The monoisotopic (exact) mass is 277 g/mol. The second-order valence-electron chi connectivity index (χ2n) is 3.68. The van der Waals surface area contributed by atoms with E-state index >= 15 is 0 Å². The average molecular weight is 278 g/mol. The fourth-order valence-corrected chi connectivity index (χ4v) is 1.45. The molecule has 2 heterocycles. The summed E-state index contributed by atoms with van der Waals surface area (Å²) >= 11 is 0. The molecule has 18 heavy (non-hydrogen) atoms. The quantitative estimate of drug-likeness (QED) is 0.908. The predicted molar refractivity (Wildman–Crippen MR) is 66.0 cm³/mol. The zero-order valence-electron chi connectivity index (χ0n) is 9.75. The molecule has 0 fully saturated rings. The van der Waals surface area contributed by atoms with E-state index in [1.165, 1.54) is 10.9 Å². The molecule has 0 bridgehead atoms. The zero-order chi connectivity index (χ0) is 12.3. The third-order valence-electron chi connectivity index (χ3n) is 2.20. The van der Waals surface area contributed by atoms with Gasteiger partial charge in [0.15, 0.2) is 0 Å². The molecular formula is C10H14ClF2N5. The molecule has 0 unspecified atom stereocenters. The van der Waals surface area contributed by atoms with Crippen LogP contribution in [0, 0.1) is 0 Å². The SMILES string of the molecule is Cl.Cn1ccc(CNc2cnn(CC(F)F)c2)n1. The number of aromatic nitrogens is 4. The minimum Gasteiger partial charge on any atom is -0.377 e. The van der Waals surface area contributed by atoms with Gasteiger partial charge in [0.25, 0.3) is 6.43 Å². The lowest BCUT2D eigenvalue weighted by atomic mass is 10.4. The molecule has 0 aliphatic heterocycles. The normalized spacial score (nSPS) is 10.4. The van der Waals surface area contributed by atoms with Crippen molar-refractivity contribution in [3.05, 3.63) is 30.4 Å². The van der Waals surface area contributed by atoms with Crippen LogP contribution in [0.3, 0.4) is 0 Å². The fourth-order valence-electron chi connectivity index (χ4n) is 1.45. The Balaban J connectivity index is 0.00000162. The molecule has 1 N–H and O–H groups in total. The maximum absolute atomic E-state index is 12.1. The van der Waals surface area contributed by atoms with Crippen LogP contribution in [-0.4, -0.2) is 26.0 Å². The molecule has 0 spiro atoms. The number of alkyl halides is 2. The van der Waals surface area contributed by atoms with Crippen LogP contribution in [0.2, 0.25) is 0 Å². The third kappa shape index (κ3) is 3.99. The van der Waals surface area contributed by atoms with Crippen LogP contribution in [0.1, 0.15) is 5.69 Å². The molecule has 0 aliphatic carbocycles. The molecule has 0 radical (unpaired) electrons. The number of halogens is 3. The summed E-state index contributed by atoms with van der Waals surface area (Å²) in [5.41, 5.74) is 1.59. The highest BCUT2D eigenvalue weighted by Crippen LogP contribution is 2.08. The van der Waals surface area contributed by atoms with Crippen molar-refractivity contribution in [2.45, 2.75) is 19.5 Å². The molecule has 8 heteroatoms. The average Bonchev–Trinajstić information content (AvgIpc) is 2.84. The van der Waals surface area contributed by atoms with Crippen molar-refractivity contribution in [1.82, 2.24) is 19.6 Å². The smallest absolute Gasteiger partial charge is 0.257 e. The summed E-state index contributed by atoms with van der Waals surface area (Å²) in [4.78, 5) is 0. The van der Waals surface area contributed by atoms with Gasteiger partial charge in [0.05, 0.1) is 24.1 Å². The van der Waals surface area contributed by atoms with Gasteiger partial charge in [-0.2, -0.15) is 10.2 Å². The van der Waals surface area contributed by atoms with Gasteiger partial charge in [-0.1, -0.05) is 0 Å². The highest BCUT2D eigenvalue weighted by Gasteiger charge is 2.05. The largest absolute Gasteiger partial charge is 0.377 e. The molecule has 2 rings (SSSR count). The van der Waals surface area contributed by atoms with Gasteiger partial charge in [-0.3, -0.25) is 9.36 Å². The third-order valence-corrected chi connectivity index (χ3v) is 2.20. The number of nitrogens with one attached hydrogen (secondary N) is 1. The molecule has 0 amide bonds. The molecule has 0 aromatic carbocycles. The molecule has 0 saturated carbocycles. The second kappa shape index (κ2) is 6.34. The van der Waals surface area contributed by atoms with Crippen LogP contribution in [0.4, 0.5) is 14.5 Å².